The molecule has 0 spiro atoms. The van der Waals surface area contributed by atoms with Crippen LogP contribution in [0.25, 0.3) is 17.0 Å². The maximum atomic E-state index is 12.8. The van der Waals surface area contributed by atoms with Crippen molar-refractivity contribution in [1.82, 2.24) is 44.3 Å². The van der Waals surface area contributed by atoms with Crippen LogP contribution < -0.4 is 0 Å². The molecule has 0 N–H and O–H groups in total. The van der Waals surface area contributed by atoms with E-state index in [2.05, 4.69) is 25.5 Å². The lowest BCUT2D eigenvalue weighted by Gasteiger charge is -2.14. The summed E-state index contributed by atoms with van der Waals surface area (Å²) in [5.41, 5.74) is 2.88. The van der Waals surface area contributed by atoms with E-state index in [-0.39, 0.29) is 12.6 Å². The van der Waals surface area contributed by atoms with E-state index >= 15 is 0 Å². The van der Waals surface area contributed by atoms with Gasteiger partial charge in [-0.3, -0.25) is 4.79 Å². The minimum absolute atomic E-state index is 0.188. The molecule has 0 aliphatic rings. The molecule has 10 nitrogen and oxygen atoms in total. The van der Waals surface area contributed by atoms with Crippen LogP contribution in [0.15, 0.2) is 73.2 Å². The molecule has 0 aliphatic heterocycles. The van der Waals surface area contributed by atoms with Crippen LogP contribution in [-0.2, 0) is 13.2 Å². The predicted octanol–water partition coefficient (Wildman–Crippen LogP) is 1.96. The van der Waals surface area contributed by atoms with E-state index in [9.17, 15) is 4.79 Å². The second-order valence-corrected chi connectivity index (χ2v) is 7.09. The van der Waals surface area contributed by atoms with Gasteiger partial charge in [0.2, 0.25) is 5.82 Å². The summed E-state index contributed by atoms with van der Waals surface area (Å²) in [4.78, 5) is 20.3. The average Bonchev–Trinajstić information content (AvgIpc) is 3.53. The lowest BCUT2D eigenvalue weighted by molar-refractivity contribution is 0.0776. The second-order valence-electron chi connectivity index (χ2n) is 7.09. The first kappa shape index (κ1) is 18.7. The highest BCUT2D eigenvalue weighted by Crippen LogP contribution is 2.12. The molecule has 0 unspecified atom stereocenters. The fourth-order valence-corrected chi connectivity index (χ4v) is 3.26. The fraction of sp³-hybridized carbons (Fsp3) is 0.143. The van der Waals surface area contributed by atoms with Gasteiger partial charge in [-0.05, 0) is 23.4 Å². The molecular weight excluding hydrogens is 394 g/mol. The van der Waals surface area contributed by atoms with Gasteiger partial charge < -0.3 is 9.30 Å². The first-order valence-corrected chi connectivity index (χ1v) is 9.70. The monoisotopic (exact) mass is 413 g/mol. The number of amides is 1. The van der Waals surface area contributed by atoms with Crippen LogP contribution in [0.4, 0.5) is 0 Å². The van der Waals surface area contributed by atoms with E-state index in [1.54, 1.807) is 28.9 Å². The van der Waals surface area contributed by atoms with Gasteiger partial charge in [0.05, 0.1) is 12.2 Å². The number of fused-ring (bicyclic) bond motifs is 1. The van der Waals surface area contributed by atoms with E-state index < -0.39 is 0 Å². The third-order valence-electron chi connectivity index (χ3n) is 4.78. The average molecular weight is 413 g/mol. The Morgan fingerprint density at radius 3 is 2.68 bits per heavy atom. The van der Waals surface area contributed by atoms with Crippen LogP contribution in [0.1, 0.15) is 16.2 Å². The van der Waals surface area contributed by atoms with E-state index in [0.29, 0.717) is 18.1 Å². The Balaban J connectivity index is 1.25. The van der Waals surface area contributed by atoms with Crippen LogP contribution >= 0.6 is 0 Å². The van der Waals surface area contributed by atoms with Crippen LogP contribution in [0, 0.1) is 0 Å². The van der Waals surface area contributed by atoms with Crippen LogP contribution in [0.5, 0.6) is 0 Å². The lowest BCUT2D eigenvalue weighted by Crippen LogP contribution is -2.27. The van der Waals surface area contributed by atoms with Gasteiger partial charge in [-0.25, -0.2) is 9.67 Å². The standard InChI is InChI=1S/C21H19N9O/c1-27(13-17-14-28-11-6-5-9-19(28)22-17)21(31)18-10-12-29(24-18)15-30-25-20(23-26-30)16-7-3-2-4-8-16/h2-12,14H,13,15H2,1H3. The Morgan fingerprint density at radius 2 is 1.84 bits per heavy atom. The van der Waals surface area contributed by atoms with Gasteiger partial charge in [-0.15, -0.1) is 15.0 Å². The number of carbonyl (C=O) groups excluding carboxylic acids is 1. The van der Waals surface area contributed by atoms with Crippen molar-refractivity contribution in [2.24, 2.45) is 0 Å². The van der Waals surface area contributed by atoms with Crippen molar-refractivity contribution in [3.63, 3.8) is 0 Å². The lowest BCUT2D eigenvalue weighted by atomic mass is 10.2. The number of imidazole rings is 1. The van der Waals surface area contributed by atoms with Crippen LogP contribution in [0.2, 0.25) is 0 Å². The molecule has 4 aromatic heterocycles. The summed E-state index contributed by atoms with van der Waals surface area (Å²) >= 11 is 0. The van der Waals surface area contributed by atoms with Crippen molar-refractivity contribution in [3.8, 4) is 11.4 Å². The third kappa shape index (κ3) is 3.90. The molecule has 5 aromatic rings. The van der Waals surface area contributed by atoms with Crippen molar-refractivity contribution in [2.75, 3.05) is 7.05 Å². The molecule has 0 radical (unpaired) electrons. The van der Waals surface area contributed by atoms with Crippen molar-refractivity contribution in [3.05, 3.63) is 84.6 Å². The summed E-state index contributed by atoms with van der Waals surface area (Å²) in [5.74, 6) is 0.351. The molecule has 1 aromatic carbocycles. The molecule has 0 saturated carbocycles. The van der Waals surface area contributed by atoms with Crippen LogP contribution in [-0.4, -0.2) is 57.2 Å². The van der Waals surface area contributed by atoms with Crippen molar-refractivity contribution < 1.29 is 4.79 Å². The van der Waals surface area contributed by atoms with E-state index in [0.717, 1.165) is 16.9 Å². The summed E-state index contributed by atoms with van der Waals surface area (Å²) < 4.78 is 3.53. The van der Waals surface area contributed by atoms with Crippen LogP contribution in [0.3, 0.4) is 0 Å². The highest BCUT2D eigenvalue weighted by molar-refractivity contribution is 5.91. The Morgan fingerprint density at radius 1 is 1.00 bits per heavy atom. The number of hydrogen-bond acceptors (Lipinski definition) is 6. The molecule has 0 atom stereocenters. The van der Waals surface area contributed by atoms with Gasteiger partial charge in [-0.1, -0.05) is 36.4 Å². The first-order valence-electron chi connectivity index (χ1n) is 9.70. The summed E-state index contributed by atoms with van der Waals surface area (Å²) in [6.07, 6.45) is 5.56. The normalized spacial score (nSPS) is 11.1. The van der Waals surface area contributed by atoms with Gasteiger partial charge in [0.15, 0.2) is 6.67 Å². The number of tetrazole rings is 1. The SMILES string of the molecule is CN(Cc1cn2ccccc2n1)C(=O)c1ccn(Cn2nnc(-c3ccccc3)n2)n1. The molecule has 154 valence electrons. The smallest absolute Gasteiger partial charge is 0.274 e. The highest BCUT2D eigenvalue weighted by atomic mass is 16.2. The van der Waals surface area contributed by atoms with Gasteiger partial charge in [-0.2, -0.15) is 5.10 Å². The molecule has 5 rings (SSSR count). The molecule has 31 heavy (non-hydrogen) atoms. The van der Waals surface area contributed by atoms with Gasteiger partial charge in [0, 0.05) is 31.2 Å². The molecular formula is C21H19N9O. The maximum Gasteiger partial charge on any atom is 0.274 e. The number of carbonyl (C=O) groups is 1. The summed E-state index contributed by atoms with van der Waals surface area (Å²) in [6, 6.07) is 17.1. The number of pyridine rings is 1. The zero-order valence-corrected chi connectivity index (χ0v) is 16.8. The second kappa shape index (κ2) is 7.82. The molecule has 0 saturated heterocycles. The number of hydrogen-bond donors (Lipinski definition) is 0. The highest BCUT2D eigenvalue weighted by Gasteiger charge is 2.17. The van der Waals surface area contributed by atoms with Gasteiger partial charge in [0.25, 0.3) is 5.91 Å². The minimum Gasteiger partial charge on any atom is -0.334 e. The molecule has 0 bridgehead atoms. The Hall–Kier alpha value is -4.34. The summed E-state index contributed by atoms with van der Waals surface area (Å²) in [6.45, 7) is 0.641. The van der Waals surface area contributed by atoms with Gasteiger partial charge in [0.1, 0.15) is 11.3 Å². The van der Waals surface area contributed by atoms with E-state index in [1.165, 1.54) is 4.80 Å². The number of benzene rings is 1. The van der Waals surface area contributed by atoms with Crippen molar-refractivity contribution in [1.29, 1.82) is 0 Å². The fourth-order valence-electron chi connectivity index (χ4n) is 3.26. The largest absolute Gasteiger partial charge is 0.334 e. The van der Waals surface area contributed by atoms with Gasteiger partial charge >= 0.3 is 0 Å². The zero-order chi connectivity index (χ0) is 21.2. The zero-order valence-electron chi connectivity index (χ0n) is 16.8. The van der Waals surface area contributed by atoms with Crippen molar-refractivity contribution >= 4 is 11.6 Å². The van der Waals surface area contributed by atoms with E-state index in [1.807, 2.05) is 65.3 Å². The molecule has 0 fully saturated rings. The summed E-state index contributed by atoms with van der Waals surface area (Å²) in [7, 11) is 1.73. The first-order chi connectivity index (χ1) is 15.2. The number of rotatable bonds is 6. The number of nitrogens with zero attached hydrogens (tertiary/aromatic N) is 9. The Kier molecular flexibility index (Phi) is 4.71. The van der Waals surface area contributed by atoms with E-state index in [4.69, 9.17) is 0 Å². The maximum absolute atomic E-state index is 12.8. The number of aromatic nitrogens is 8. The minimum atomic E-state index is -0.188. The topological polar surface area (TPSA) is 99.0 Å². The predicted molar refractivity (Wildman–Crippen MR) is 112 cm³/mol. The van der Waals surface area contributed by atoms with Crippen molar-refractivity contribution in [2.45, 2.75) is 13.2 Å². The molecule has 1 amide bonds. The molecule has 0 aliphatic carbocycles. The molecule has 4 heterocycles. The third-order valence-corrected chi connectivity index (χ3v) is 4.78. The Bertz CT molecular complexity index is 1300. The quantitative estimate of drug-likeness (QED) is 0.422. The molecule has 10 heteroatoms. The Labute approximate surface area is 177 Å². The summed E-state index contributed by atoms with van der Waals surface area (Å²) in [5, 5.41) is 16.9.